The number of nitrogens with zero attached hydrogens (tertiary/aromatic N) is 2. The Balaban J connectivity index is 2.53. The molecule has 18 heavy (non-hydrogen) atoms. The summed E-state index contributed by atoms with van der Waals surface area (Å²) >= 11 is 11.7. The van der Waals surface area contributed by atoms with Gasteiger partial charge in [0.2, 0.25) is 5.91 Å². The quantitative estimate of drug-likeness (QED) is 0.876. The average molecular weight is 286 g/mol. The van der Waals surface area contributed by atoms with Crippen molar-refractivity contribution in [2.75, 3.05) is 12.9 Å². The van der Waals surface area contributed by atoms with E-state index in [9.17, 15) is 4.79 Å². The number of amides is 1. The molecule has 0 saturated carbocycles. The van der Waals surface area contributed by atoms with Gasteiger partial charge in [0.25, 0.3) is 0 Å². The van der Waals surface area contributed by atoms with E-state index in [1.807, 2.05) is 16.7 Å². The van der Waals surface area contributed by atoms with E-state index < -0.39 is 0 Å². The van der Waals surface area contributed by atoms with E-state index in [0.717, 1.165) is 16.9 Å². The van der Waals surface area contributed by atoms with Crippen LogP contribution in [-0.2, 0) is 17.8 Å². The molecular weight excluding hydrogens is 273 g/mol. The molecule has 1 heterocycles. The summed E-state index contributed by atoms with van der Waals surface area (Å²) in [5.41, 5.74) is 1.68. The lowest BCUT2D eigenvalue weighted by atomic mass is 10.3. The maximum absolute atomic E-state index is 11.5. The Kier molecular flexibility index (Phi) is 4.09. The van der Waals surface area contributed by atoms with E-state index in [1.54, 1.807) is 13.1 Å². The number of benzene rings is 1. The van der Waals surface area contributed by atoms with Gasteiger partial charge in [-0.05, 0) is 18.2 Å². The lowest BCUT2D eigenvalue weighted by Gasteiger charge is -2.07. The molecule has 0 radical (unpaired) electrons. The predicted octanol–water partition coefficient (Wildman–Crippen LogP) is 2.22. The Morgan fingerprint density at radius 3 is 2.94 bits per heavy atom. The van der Waals surface area contributed by atoms with Gasteiger partial charge in [-0.1, -0.05) is 11.6 Å². The molecule has 0 aliphatic heterocycles. The minimum atomic E-state index is -0.0786. The summed E-state index contributed by atoms with van der Waals surface area (Å²) in [7, 11) is 1.61. The number of hydrogen-bond acceptors (Lipinski definition) is 2. The van der Waals surface area contributed by atoms with E-state index in [1.165, 1.54) is 0 Å². The standard InChI is InChI=1S/C12H13Cl2N3O/c1-15-12(18)7-17-10-6-8(14)2-3-9(10)16-11(17)4-5-13/h2-3,6H,4-5,7H2,1H3,(H,15,18). The van der Waals surface area contributed by atoms with Crippen LogP contribution in [0.25, 0.3) is 11.0 Å². The number of aromatic nitrogens is 2. The minimum Gasteiger partial charge on any atom is -0.358 e. The molecule has 1 amide bonds. The molecule has 1 N–H and O–H groups in total. The van der Waals surface area contributed by atoms with Crippen LogP contribution in [0.5, 0.6) is 0 Å². The van der Waals surface area contributed by atoms with Gasteiger partial charge in [0.15, 0.2) is 0 Å². The summed E-state index contributed by atoms with van der Waals surface area (Å²) in [4.78, 5) is 16.0. The lowest BCUT2D eigenvalue weighted by molar-refractivity contribution is -0.121. The van der Waals surface area contributed by atoms with Crippen LogP contribution >= 0.6 is 23.2 Å². The Labute approximate surface area is 115 Å². The summed E-state index contributed by atoms with van der Waals surface area (Å²) < 4.78 is 1.85. The molecule has 1 aromatic heterocycles. The third-order valence-corrected chi connectivity index (χ3v) is 3.11. The van der Waals surface area contributed by atoms with Gasteiger partial charge in [0.1, 0.15) is 12.4 Å². The molecule has 0 spiro atoms. The number of carbonyl (C=O) groups is 1. The molecule has 0 unspecified atom stereocenters. The predicted molar refractivity (Wildman–Crippen MR) is 73.2 cm³/mol. The van der Waals surface area contributed by atoms with Crippen LogP contribution < -0.4 is 5.32 Å². The summed E-state index contributed by atoms with van der Waals surface area (Å²) in [6.07, 6.45) is 0.616. The van der Waals surface area contributed by atoms with Crippen molar-refractivity contribution in [1.29, 1.82) is 0 Å². The molecule has 0 aliphatic carbocycles. The second-order valence-corrected chi connectivity index (χ2v) is 4.67. The van der Waals surface area contributed by atoms with Crippen molar-refractivity contribution in [3.05, 3.63) is 29.0 Å². The largest absolute Gasteiger partial charge is 0.358 e. The molecule has 2 rings (SSSR count). The van der Waals surface area contributed by atoms with Crippen molar-refractivity contribution < 1.29 is 4.79 Å². The van der Waals surface area contributed by atoms with Crippen LogP contribution in [0.1, 0.15) is 5.82 Å². The normalized spacial score (nSPS) is 10.8. The van der Waals surface area contributed by atoms with E-state index in [2.05, 4.69) is 10.3 Å². The molecule has 0 fully saturated rings. The van der Waals surface area contributed by atoms with Crippen LogP contribution in [0.4, 0.5) is 0 Å². The molecule has 2 aromatic rings. The SMILES string of the molecule is CNC(=O)Cn1c(CCCl)nc2ccc(Cl)cc21. The van der Waals surface area contributed by atoms with Crippen molar-refractivity contribution >= 4 is 40.1 Å². The zero-order valence-electron chi connectivity index (χ0n) is 9.91. The number of likely N-dealkylation sites (N-methyl/N-ethyl adjacent to an activating group) is 1. The Bertz CT molecular complexity index is 580. The molecule has 4 nitrogen and oxygen atoms in total. The van der Waals surface area contributed by atoms with E-state index in [0.29, 0.717) is 17.3 Å². The first kappa shape index (κ1) is 13.2. The molecule has 0 saturated heterocycles. The Hall–Kier alpha value is -1.26. The van der Waals surface area contributed by atoms with Gasteiger partial charge >= 0.3 is 0 Å². The third-order valence-electron chi connectivity index (χ3n) is 2.69. The number of rotatable bonds is 4. The highest BCUT2D eigenvalue weighted by molar-refractivity contribution is 6.31. The molecular formula is C12H13Cl2N3O. The lowest BCUT2D eigenvalue weighted by Crippen LogP contribution is -2.24. The molecule has 1 aromatic carbocycles. The fourth-order valence-electron chi connectivity index (χ4n) is 1.82. The first-order valence-electron chi connectivity index (χ1n) is 5.57. The molecule has 0 bridgehead atoms. The number of imidazole rings is 1. The van der Waals surface area contributed by atoms with Crippen LogP contribution in [0.2, 0.25) is 5.02 Å². The van der Waals surface area contributed by atoms with Crippen molar-refractivity contribution in [3.63, 3.8) is 0 Å². The van der Waals surface area contributed by atoms with Crippen LogP contribution in [0, 0.1) is 0 Å². The van der Waals surface area contributed by atoms with Gasteiger partial charge in [-0.2, -0.15) is 0 Å². The van der Waals surface area contributed by atoms with Crippen LogP contribution in [0.15, 0.2) is 18.2 Å². The van der Waals surface area contributed by atoms with Crippen molar-refractivity contribution in [3.8, 4) is 0 Å². The maximum atomic E-state index is 11.5. The summed E-state index contributed by atoms with van der Waals surface area (Å²) in [6, 6.07) is 5.44. The highest BCUT2D eigenvalue weighted by Gasteiger charge is 2.13. The van der Waals surface area contributed by atoms with Gasteiger partial charge in [-0.25, -0.2) is 4.98 Å². The Morgan fingerprint density at radius 1 is 1.50 bits per heavy atom. The number of fused-ring (bicyclic) bond motifs is 1. The third kappa shape index (κ3) is 2.60. The number of carbonyl (C=O) groups excluding carboxylic acids is 1. The summed E-state index contributed by atoms with van der Waals surface area (Å²) in [5, 5.41) is 3.22. The van der Waals surface area contributed by atoms with Crippen LogP contribution in [-0.4, -0.2) is 28.4 Å². The van der Waals surface area contributed by atoms with E-state index >= 15 is 0 Å². The van der Waals surface area contributed by atoms with Gasteiger partial charge < -0.3 is 9.88 Å². The van der Waals surface area contributed by atoms with Crippen LogP contribution in [0.3, 0.4) is 0 Å². The first-order chi connectivity index (χ1) is 8.65. The Morgan fingerprint density at radius 2 is 2.28 bits per heavy atom. The van der Waals surface area contributed by atoms with E-state index in [4.69, 9.17) is 23.2 Å². The zero-order valence-corrected chi connectivity index (χ0v) is 11.4. The minimum absolute atomic E-state index is 0.0786. The summed E-state index contributed by atoms with van der Waals surface area (Å²) in [5.74, 6) is 1.18. The number of nitrogens with one attached hydrogen (secondary N) is 1. The van der Waals surface area contributed by atoms with Crippen molar-refractivity contribution in [2.24, 2.45) is 0 Å². The van der Waals surface area contributed by atoms with E-state index in [-0.39, 0.29) is 12.5 Å². The monoisotopic (exact) mass is 285 g/mol. The fourth-order valence-corrected chi connectivity index (χ4v) is 2.16. The number of halogens is 2. The van der Waals surface area contributed by atoms with Gasteiger partial charge in [-0.15, -0.1) is 11.6 Å². The summed E-state index contributed by atoms with van der Waals surface area (Å²) in [6.45, 7) is 0.222. The fraction of sp³-hybridized carbons (Fsp3) is 0.333. The molecule has 0 aliphatic rings. The van der Waals surface area contributed by atoms with Gasteiger partial charge in [-0.3, -0.25) is 4.79 Å². The number of hydrogen-bond donors (Lipinski definition) is 1. The molecule has 96 valence electrons. The van der Waals surface area contributed by atoms with Crippen molar-refractivity contribution in [1.82, 2.24) is 14.9 Å². The second kappa shape index (κ2) is 5.59. The van der Waals surface area contributed by atoms with Crippen molar-refractivity contribution in [2.45, 2.75) is 13.0 Å². The van der Waals surface area contributed by atoms with Gasteiger partial charge in [0, 0.05) is 24.4 Å². The highest BCUT2D eigenvalue weighted by Crippen LogP contribution is 2.21. The topological polar surface area (TPSA) is 46.9 Å². The maximum Gasteiger partial charge on any atom is 0.239 e. The highest BCUT2D eigenvalue weighted by atomic mass is 35.5. The smallest absolute Gasteiger partial charge is 0.239 e. The second-order valence-electron chi connectivity index (χ2n) is 3.86. The number of alkyl halides is 1. The molecule has 0 atom stereocenters. The number of aryl methyl sites for hydroxylation is 1. The first-order valence-corrected chi connectivity index (χ1v) is 6.48. The average Bonchev–Trinajstić information content (AvgIpc) is 2.68. The molecule has 6 heteroatoms. The van der Waals surface area contributed by atoms with Gasteiger partial charge in [0.05, 0.1) is 11.0 Å². The zero-order chi connectivity index (χ0) is 13.1.